The van der Waals surface area contributed by atoms with E-state index in [-0.39, 0.29) is 30.4 Å². The van der Waals surface area contributed by atoms with Gasteiger partial charge in [-0.2, -0.15) is 0 Å². The summed E-state index contributed by atoms with van der Waals surface area (Å²) in [6.07, 6.45) is 1.42. The molecule has 0 saturated heterocycles. The molecule has 0 amide bonds. The molecule has 146 valence electrons. The minimum Gasteiger partial charge on any atom is -0.456 e. The van der Waals surface area contributed by atoms with Crippen molar-refractivity contribution in [3.8, 4) is 11.3 Å². The minimum absolute atomic E-state index is 0.0293. The van der Waals surface area contributed by atoms with Crippen molar-refractivity contribution in [1.82, 2.24) is 9.71 Å². The zero-order valence-corrected chi connectivity index (χ0v) is 16.2. The Kier molecular flexibility index (Phi) is 6.45. The Morgan fingerprint density at radius 1 is 1.14 bits per heavy atom. The maximum atomic E-state index is 12.1. The summed E-state index contributed by atoms with van der Waals surface area (Å²) < 4.78 is 37.2. The van der Waals surface area contributed by atoms with E-state index < -0.39 is 16.0 Å². The van der Waals surface area contributed by atoms with E-state index in [4.69, 9.17) is 20.8 Å². The van der Waals surface area contributed by atoms with Crippen molar-refractivity contribution in [2.24, 2.45) is 0 Å². The number of ether oxygens (including phenoxy) is 1. The van der Waals surface area contributed by atoms with Gasteiger partial charge >= 0.3 is 5.97 Å². The standard InChI is InChI=1S/C19H17ClN2O5S/c20-15-7-4-8-16(11-15)28(24,25)22-10-9-19(23)26-13-18-21-12-17(27-18)14-5-2-1-3-6-14/h1-8,11-12,22H,9-10,13H2. The number of hydrogen-bond donors (Lipinski definition) is 1. The predicted octanol–water partition coefficient (Wildman–Crippen LogP) is 3.41. The number of esters is 1. The Morgan fingerprint density at radius 3 is 2.68 bits per heavy atom. The molecule has 0 radical (unpaired) electrons. The summed E-state index contributed by atoms with van der Waals surface area (Å²) in [5.74, 6) is 0.251. The summed E-state index contributed by atoms with van der Waals surface area (Å²) in [5.41, 5.74) is 0.864. The lowest BCUT2D eigenvalue weighted by atomic mass is 10.2. The number of benzene rings is 2. The molecule has 1 heterocycles. The molecule has 1 N–H and O–H groups in total. The zero-order valence-electron chi connectivity index (χ0n) is 14.7. The highest BCUT2D eigenvalue weighted by Crippen LogP contribution is 2.20. The maximum absolute atomic E-state index is 12.1. The zero-order chi connectivity index (χ0) is 20.0. The number of nitrogens with one attached hydrogen (secondary N) is 1. The van der Waals surface area contributed by atoms with Crippen molar-refractivity contribution in [2.45, 2.75) is 17.9 Å². The first-order valence-electron chi connectivity index (χ1n) is 8.35. The number of aromatic nitrogens is 1. The van der Waals surface area contributed by atoms with Gasteiger partial charge < -0.3 is 9.15 Å². The Balaban J connectivity index is 1.46. The first-order chi connectivity index (χ1) is 13.4. The molecule has 3 aromatic rings. The number of carbonyl (C=O) groups is 1. The van der Waals surface area contributed by atoms with Crippen LogP contribution in [-0.4, -0.2) is 25.9 Å². The molecule has 0 aliphatic carbocycles. The van der Waals surface area contributed by atoms with Gasteiger partial charge in [0.2, 0.25) is 15.9 Å². The highest BCUT2D eigenvalue weighted by Gasteiger charge is 2.15. The van der Waals surface area contributed by atoms with E-state index in [1.165, 1.54) is 18.2 Å². The summed E-state index contributed by atoms with van der Waals surface area (Å²) in [5, 5.41) is 0.308. The van der Waals surface area contributed by atoms with E-state index in [0.29, 0.717) is 10.8 Å². The van der Waals surface area contributed by atoms with Crippen LogP contribution < -0.4 is 4.72 Å². The maximum Gasteiger partial charge on any atom is 0.307 e. The number of rotatable bonds is 8. The summed E-state index contributed by atoms with van der Waals surface area (Å²) >= 11 is 5.79. The topological polar surface area (TPSA) is 98.5 Å². The monoisotopic (exact) mass is 420 g/mol. The summed E-state index contributed by atoms with van der Waals surface area (Å²) in [4.78, 5) is 15.9. The number of halogens is 1. The van der Waals surface area contributed by atoms with Crippen molar-refractivity contribution in [1.29, 1.82) is 0 Å². The smallest absolute Gasteiger partial charge is 0.307 e. The number of hydrogen-bond acceptors (Lipinski definition) is 6. The van der Waals surface area contributed by atoms with Crippen LogP contribution in [0.25, 0.3) is 11.3 Å². The average molecular weight is 421 g/mol. The summed E-state index contributed by atoms with van der Waals surface area (Å²) in [6.45, 7) is -0.235. The molecule has 0 aliphatic heterocycles. The van der Waals surface area contributed by atoms with Crippen LogP contribution in [0.15, 0.2) is 70.1 Å². The van der Waals surface area contributed by atoms with Crippen LogP contribution in [0.1, 0.15) is 12.3 Å². The van der Waals surface area contributed by atoms with Gasteiger partial charge in [0, 0.05) is 17.1 Å². The highest BCUT2D eigenvalue weighted by molar-refractivity contribution is 7.89. The molecule has 28 heavy (non-hydrogen) atoms. The highest BCUT2D eigenvalue weighted by atomic mass is 35.5. The molecule has 0 unspecified atom stereocenters. The van der Waals surface area contributed by atoms with Crippen molar-refractivity contribution < 1.29 is 22.4 Å². The first-order valence-corrected chi connectivity index (χ1v) is 10.2. The number of sulfonamides is 1. The van der Waals surface area contributed by atoms with Crippen molar-refractivity contribution >= 4 is 27.6 Å². The molecule has 0 fully saturated rings. The molecular weight excluding hydrogens is 404 g/mol. The second-order valence-corrected chi connectivity index (χ2v) is 7.95. The van der Waals surface area contributed by atoms with Gasteiger partial charge in [-0.05, 0) is 18.2 Å². The third-order valence-corrected chi connectivity index (χ3v) is 5.39. The lowest BCUT2D eigenvalue weighted by molar-refractivity contribution is -0.145. The van der Waals surface area contributed by atoms with Gasteiger partial charge in [0.15, 0.2) is 12.4 Å². The van der Waals surface area contributed by atoms with E-state index in [1.807, 2.05) is 30.3 Å². The van der Waals surface area contributed by atoms with Crippen LogP contribution in [0.3, 0.4) is 0 Å². The van der Waals surface area contributed by atoms with Crippen molar-refractivity contribution in [2.75, 3.05) is 6.54 Å². The predicted molar refractivity (Wildman–Crippen MR) is 103 cm³/mol. The van der Waals surface area contributed by atoms with Crippen LogP contribution in [0.4, 0.5) is 0 Å². The molecule has 0 aliphatic rings. The quantitative estimate of drug-likeness (QED) is 0.561. The van der Waals surface area contributed by atoms with Crippen LogP contribution in [0, 0.1) is 0 Å². The molecule has 0 spiro atoms. The van der Waals surface area contributed by atoms with Crippen molar-refractivity contribution in [3.05, 3.63) is 71.7 Å². The van der Waals surface area contributed by atoms with E-state index in [0.717, 1.165) is 5.56 Å². The van der Waals surface area contributed by atoms with E-state index in [9.17, 15) is 13.2 Å². The van der Waals surface area contributed by atoms with Crippen molar-refractivity contribution in [3.63, 3.8) is 0 Å². The fourth-order valence-electron chi connectivity index (χ4n) is 2.33. The Labute approximate surface area is 167 Å². The molecular formula is C19H17ClN2O5S. The number of nitrogens with zero attached hydrogens (tertiary/aromatic N) is 1. The van der Waals surface area contributed by atoms with E-state index in [2.05, 4.69) is 9.71 Å². The fraction of sp³-hybridized carbons (Fsp3) is 0.158. The molecule has 0 atom stereocenters. The summed E-state index contributed by atoms with van der Waals surface area (Å²) in [6, 6.07) is 15.3. The number of carbonyl (C=O) groups excluding carboxylic acids is 1. The molecule has 0 bridgehead atoms. The lowest BCUT2D eigenvalue weighted by Crippen LogP contribution is -2.26. The van der Waals surface area contributed by atoms with E-state index in [1.54, 1.807) is 12.3 Å². The minimum atomic E-state index is -3.75. The van der Waals surface area contributed by atoms with Gasteiger partial charge in [0.05, 0.1) is 17.5 Å². The average Bonchev–Trinajstić information content (AvgIpc) is 3.16. The molecule has 9 heteroatoms. The van der Waals surface area contributed by atoms with E-state index >= 15 is 0 Å². The van der Waals surface area contributed by atoms with Crippen LogP contribution in [0.2, 0.25) is 5.02 Å². The van der Waals surface area contributed by atoms with Gasteiger partial charge in [-0.15, -0.1) is 0 Å². The van der Waals surface area contributed by atoms with Gasteiger partial charge in [-0.25, -0.2) is 18.1 Å². The molecule has 7 nitrogen and oxygen atoms in total. The molecule has 3 rings (SSSR count). The second kappa shape index (κ2) is 9.01. The SMILES string of the molecule is O=C(CCNS(=O)(=O)c1cccc(Cl)c1)OCc1ncc(-c2ccccc2)o1. The third kappa shape index (κ3) is 5.41. The van der Waals surface area contributed by atoms with Gasteiger partial charge in [-0.1, -0.05) is 48.0 Å². The molecule has 0 saturated carbocycles. The molecule has 2 aromatic carbocycles. The normalized spacial score (nSPS) is 11.3. The Bertz CT molecular complexity index is 1050. The van der Waals surface area contributed by atoms with Gasteiger partial charge in [0.1, 0.15) is 0 Å². The number of oxazole rings is 1. The van der Waals surface area contributed by atoms with Crippen LogP contribution in [0.5, 0.6) is 0 Å². The third-order valence-electron chi connectivity index (χ3n) is 3.70. The molecule has 1 aromatic heterocycles. The Hall–Kier alpha value is -2.68. The lowest BCUT2D eigenvalue weighted by Gasteiger charge is -2.07. The Morgan fingerprint density at radius 2 is 1.93 bits per heavy atom. The second-order valence-electron chi connectivity index (χ2n) is 5.75. The van der Waals surface area contributed by atoms with Crippen LogP contribution in [-0.2, 0) is 26.2 Å². The van der Waals surface area contributed by atoms with Crippen LogP contribution >= 0.6 is 11.6 Å². The van der Waals surface area contributed by atoms with Gasteiger partial charge in [0.25, 0.3) is 0 Å². The first kappa shape index (κ1) is 20.1. The van der Waals surface area contributed by atoms with Gasteiger partial charge in [-0.3, -0.25) is 4.79 Å². The summed E-state index contributed by atoms with van der Waals surface area (Å²) in [7, 11) is -3.75. The largest absolute Gasteiger partial charge is 0.456 e. The fourth-order valence-corrected chi connectivity index (χ4v) is 3.66.